The molecule has 2 aromatic rings. The molecule has 1 fully saturated rings. The van der Waals surface area contributed by atoms with E-state index in [1.165, 1.54) is 18.5 Å². The van der Waals surface area contributed by atoms with Crippen LogP contribution in [0.1, 0.15) is 24.5 Å². The van der Waals surface area contributed by atoms with E-state index >= 15 is 0 Å². The number of nitrogens with zero attached hydrogens (tertiary/aromatic N) is 4. The normalized spacial score (nSPS) is 17.1. The Hall–Kier alpha value is -1.62. The van der Waals surface area contributed by atoms with Gasteiger partial charge in [0, 0.05) is 36.7 Å². The van der Waals surface area contributed by atoms with E-state index in [1.54, 1.807) is 0 Å². The lowest BCUT2D eigenvalue weighted by Crippen LogP contribution is -2.27. The third-order valence-electron chi connectivity index (χ3n) is 3.63. The molecule has 3 rings (SSSR count). The van der Waals surface area contributed by atoms with Crippen molar-refractivity contribution in [2.75, 3.05) is 13.1 Å². The lowest BCUT2D eigenvalue weighted by atomic mass is 9.95. The molecule has 0 unspecified atom stereocenters. The zero-order valence-corrected chi connectivity index (χ0v) is 10.5. The van der Waals surface area contributed by atoms with Crippen LogP contribution in [-0.2, 0) is 13.1 Å². The minimum Gasteiger partial charge on any atom is -0.332 e. The number of rotatable bonds is 4. The largest absolute Gasteiger partial charge is 0.332 e. The van der Waals surface area contributed by atoms with Gasteiger partial charge in [-0.25, -0.2) is 4.98 Å². The van der Waals surface area contributed by atoms with Gasteiger partial charge < -0.3 is 9.88 Å². The first-order valence-corrected chi connectivity index (χ1v) is 6.61. The maximum absolute atomic E-state index is 4.31. The standard InChI is InChI=1S/C13H19N5/c1-4-16-18(7-1)9-8-17-11-15-10-13(17)12-2-5-14-6-3-12/h1,4,7,10-12,14H,2-3,5-6,8-9H2. The summed E-state index contributed by atoms with van der Waals surface area (Å²) in [5, 5.41) is 7.64. The number of piperidine rings is 1. The monoisotopic (exact) mass is 245 g/mol. The summed E-state index contributed by atoms with van der Waals surface area (Å²) in [6.45, 7) is 4.09. The van der Waals surface area contributed by atoms with Gasteiger partial charge in [-0.2, -0.15) is 5.10 Å². The van der Waals surface area contributed by atoms with Crippen molar-refractivity contribution < 1.29 is 0 Å². The average molecular weight is 245 g/mol. The van der Waals surface area contributed by atoms with Crippen LogP contribution in [0, 0.1) is 0 Å². The van der Waals surface area contributed by atoms with Gasteiger partial charge in [-0.1, -0.05) is 0 Å². The third-order valence-corrected chi connectivity index (χ3v) is 3.63. The maximum atomic E-state index is 4.31. The van der Waals surface area contributed by atoms with Crippen molar-refractivity contribution in [1.29, 1.82) is 0 Å². The molecule has 5 heteroatoms. The van der Waals surface area contributed by atoms with Crippen molar-refractivity contribution in [3.05, 3.63) is 36.7 Å². The summed E-state index contributed by atoms with van der Waals surface area (Å²) in [6, 6.07) is 1.96. The molecule has 0 aromatic carbocycles. The van der Waals surface area contributed by atoms with E-state index in [0.717, 1.165) is 26.2 Å². The third kappa shape index (κ3) is 2.46. The Balaban J connectivity index is 1.67. The molecule has 2 aromatic heterocycles. The lowest BCUT2D eigenvalue weighted by Gasteiger charge is -2.23. The minimum atomic E-state index is 0.659. The molecule has 96 valence electrons. The Morgan fingerprint density at radius 2 is 2.17 bits per heavy atom. The van der Waals surface area contributed by atoms with E-state index in [0.29, 0.717) is 5.92 Å². The summed E-state index contributed by atoms with van der Waals surface area (Å²) < 4.78 is 4.24. The predicted octanol–water partition coefficient (Wildman–Crippen LogP) is 1.25. The lowest BCUT2D eigenvalue weighted by molar-refractivity contribution is 0.429. The fourth-order valence-electron chi connectivity index (χ4n) is 2.62. The van der Waals surface area contributed by atoms with Crippen LogP contribution < -0.4 is 5.32 Å². The van der Waals surface area contributed by atoms with E-state index in [1.807, 2.05) is 35.7 Å². The smallest absolute Gasteiger partial charge is 0.0948 e. The molecule has 0 spiro atoms. The zero-order chi connectivity index (χ0) is 12.2. The summed E-state index contributed by atoms with van der Waals surface area (Å²) in [7, 11) is 0. The first-order chi connectivity index (χ1) is 8.93. The van der Waals surface area contributed by atoms with Gasteiger partial charge in [-0.15, -0.1) is 0 Å². The van der Waals surface area contributed by atoms with Crippen LogP contribution >= 0.6 is 0 Å². The van der Waals surface area contributed by atoms with Gasteiger partial charge >= 0.3 is 0 Å². The van der Waals surface area contributed by atoms with Crippen LogP contribution in [-0.4, -0.2) is 32.4 Å². The summed E-state index contributed by atoms with van der Waals surface area (Å²) in [5.74, 6) is 0.659. The summed E-state index contributed by atoms with van der Waals surface area (Å²) >= 11 is 0. The molecule has 1 N–H and O–H groups in total. The highest BCUT2D eigenvalue weighted by atomic mass is 15.3. The second-order valence-electron chi connectivity index (χ2n) is 4.81. The number of hydrogen-bond acceptors (Lipinski definition) is 3. The number of aryl methyl sites for hydroxylation is 2. The van der Waals surface area contributed by atoms with Gasteiger partial charge in [0.1, 0.15) is 0 Å². The van der Waals surface area contributed by atoms with Crippen molar-refractivity contribution in [2.24, 2.45) is 0 Å². The van der Waals surface area contributed by atoms with Crippen molar-refractivity contribution >= 4 is 0 Å². The first-order valence-electron chi connectivity index (χ1n) is 6.61. The molecule has 18 heavy (non-hydrogen) atoms. The molecule has 3 heterocycles. The van der Waals surface area contributed by atoms with Crippen LogP contribution in [0.2, 0.25) is 0 Å². The van der Waals surface area contributed by atoms with E-state index in [-0.39, 0.29) is 0 Å². The molecule has 1 aliphatic heterocycles. The van der Waals surface area contributed by atoms with E-state index in [2.05, 4.69) is 20.0 Å². The van der Waals surface area contributed by atoms with Crippen molar-refractivity contribution in [1.82, 2.24) is 24.6 Å². The molecule has 0 radical (unpaired) electrons. The highest BCUT2D eigenvalue weighted by Crippen LogP contribution is 2.24. The Kier molecular flexibility index (Phi) is 3.41. The predicted molar refractivity (Wildman–Crippen MR) is 69.3 cm³/mol. The van der Waals surface area contributed by atoms with Crippen molar-refractivity contribution in [2.45, 2.75) is 31.8 Å². The highest BCUT2D eigenvalue weighted by molar-refractivity contribution is 5.07. The van der Waals surface area contributed by atoms with Gasteiger partial charge in [0.2, 0.25) is 0 Å². The maximum Gasteiger partial charge on any atom is 0.0948 e. The summed E-state index contributed by atoms with van der Waals surface area (Å²) in [6.07, 6.45) is 10.2. The van der Waals surface area contributed by atoms with Crippen LogP contribution in [0.15, 0.2) is 31.0 Å². The highest BCUT2D eigenvalue weighted by Gasteiger charge is 2.18. The number of aromatic nitrogens is 4. The van der Waals surface area contributed by atoms with Crippen molar-refractivity contribution in [3.8, 4) is 0 Å². The Morgan fingerprint density at radius 3 is 2.94 bits per heavy atom. The van der Waals surface area contributed by atoms with Crippen LogP contribution in [0.5, 0.6) is 0 Å². The van der Waals surface area contributed by atoms with Crippen LogP contribution in [0.25, 0.3) is 0 Å². The second kappa shape index (κ2) is 5.35. The SMILES string of the molecule is c1cnn(CCn2cncc2C2CCNCC2)c1. The van der Waals surface area contributed by atoms with Gasteiger partial charge in [-0.3, -0.25) is 4.68 Å². The summed E-state index contributed by atoms with van der Waals surface area (Å²) in [4.78, 5) is 4.31. The minimum absolute atomic E-state index is 0.659. The second-order valence-corrected chi connectivity index (χ2v) is 4.81. The Morgan fingerprint density at radius 1 is 1.28 bits per heavy atom. The molecule has 0 bridgehead atoms. The van der Waals surface area contributed by atoms with Gasteiger partial charge in [0.25, 0.3) is 0 Å². The Bertz CT molecular complexity index is 467. The Labute approximate surface area is 107 Å². The molecule has 0 amide bonds. The van der Waals surface area contributed by atoms with Gasteiger partial charge in [-0.05, 0) is 32.0 Å². The summed E-state index contributed by atoms with van der Waals surface area (Å²) in [5.41, 5.74) is 1.38. The van der Waals surface area contributed by atoms with E-state index < -0.39 is 0 Å². The molecule has 5 nitrogen and oxygen atoms in total. The number of nitrogens with one attached hydrogen (secondary N) is 1. The molecular weight excluding hydrogens is 226 g/mol. The quantitative estimate of drug-likeness (QED) is 0.882. The molecule has 0 aliphatic carbocycles. The first kappa shape index (κ1) is 11.5. The fraction of sp³-hybridized carbons (Fsp3) is 0.538. The van der Waals surface area contributed by atoms with E-state index in [4.69, 9.17) is 0 Å². The number of imidazole rings is 1. The molecule has 0 atom stereocenters. The topological polar surface area (TPSA) is 47.7 Å². The van der Waals surface area contributed by atoms with Crippen molar-refractivity contribution in [3.63, 3.8) is 0 Å². The van der Waals surface area contributed by atoms with Crippen LogP contribution in [0.3, 0.4) is 0 Å². The molecular formula is C13H19N5. The van der Waals surface area contributed by atoms with Gasteiger partial charge in [0.15, 0.2) is 0 Å². The zero-order valence-electron chi connectivity index (χ0n) is 10.5. The molecule has 1 saturated heterocycles. The number of hydrogen-bond donors (Lipinski definition) is 1. The molecule has 1 aliphatic rings. The average Bonchev–Trinajstić information content (AvgIpc) is 3.09. The fourth-order valence-corrected chi connectivity index (χ4v) is 2.62. The van der Waals surface area contributed by atoms with E-state index in [9.17, 15) is 0 Å². The van der Waals surface area contributed by atoms with Gasteiger partial charge in [0.05, 0.1) is 12.9 Å². The van der Waals surface area contributed by atoms with Crippen LogP contribution in [0.4, 0.5) is 0 Å². The molecule has 0 saturated carbocycles.